The van der Waals surface area contributed by atoms with Gasteiger partial charge in [-0.1, -0.05) is 50.3 Å². The van der Waals surface area contributed by atoms with Crippen LogP contribution in [0.25, 0.3) is 11.3 Å². The van der Waals surface area contributed by atoms with Gasteiger partial charge in [0.1, 0.15) is 0 Å². The zero-order valence-electron chi connectivity index (χ0n) is 14.2. The van der Waals surface area contributed by atoms with Crippen molar-refractivity contribution in [3.8, 4) is 11.3 Å². The van der Waals surface area contributed by atoms with Crippen molar-refractivity contribution in [2.24, 2.45) is 18.9 Å². The molecule has 1 aromatic carbocycles. The number of halogens is 1. The van der Waals surface area contributed by atoms with Crippen LogP contribution in [-0.4, -0.2) is 15.6 Å². The van der Waals surface area contributed by atoms with E-state index in [4.69, 9.17) is 5.10 Å². The normalized spacial score (nSPS) is 29.0. The SMILES string of the molecule is C[C@@H]1C(=O)C(I)=C[C@]2(C)c3nn(C)c(-c4ccccc4)c3CC[C@@H]12. The van der Waals surface area contributed by atoms with Crippen molar-refractivity contribution in [2.75, 3.05) is 0 Å². The van der Waals surface area contributed by atoms with Crippen LogP contribution in [0, 0.1) is 11.8 Å². The van der Waals surface area contributed by atoms with Crippen molar-refractivity contribution in [1.82, 2.24) is 9.78 Å². The molecule has 4 rings (SSSR count). The average Bonchev–Trinajstić information content (AvgIpc) is 2.91. The first kappa shape index (κ1) is 16.1. The number of Topliss-reactive ketones (excluding diaryl/α,β-unsaturated/α-hetero) is 1. The molecule has 3 nitrogen and oxygen atoms in total. The molecule has 0 bridgehead atoms. The molecule has 2 aliphatic rings. The maximum Gasteiger partial charge on any atom is 0.171 e. The fourth-order valence-corrected chi connectivity index (χ4v) is 5.79. The molecule has 3 atom stereocenters. The number of carbonyl (C=O) groups is 1. The molecular formula is C20H21IN2O. The van der Waals surface area contributed by atoms with Gasteiger partial charge in [-0.05, 0) is 41.4 Å². The predicted molar refractivity (Wildman–Crippen MR) is 104 cm³/mol. The van der Waals surface area contributed by atoms with Crippen LogP contribution in [-0.2, 0) is 23.7 Å². The maximum absolute atomic E-state index is 12.4. The van der Waals surface area contributed by atoms with Crippen LogP contribution in [0.15, 0.2) is 40.0 Å². The van der Waals surface area contributed by atoms with E-state index in [1.54, 1.807) is 0 Å². The number of nitrogens with zero attached hydrogens (tertiary/aromatic N) is 2. The summed E-state index contributed by atoms with van der Waals surface area (Å²) in [5, 5.41) is 4.94. The summed E-state index contributed by atoms with van der Waals surface area (Å²) in [6.07, 6.45) is 4.21. The van der Waals surface area contributed by atoms with Gasteiger partial charge in [0.05, 0.1) is 15.0 Å². The van der Waals surface area contributed by atoms with E-state index < -0.39 is 0 Å². The minimum absolute atomic E-state index is 0.0715. The fraction of sp³-hybridized carbons (Fsp3) is 0.400. The Kier molecular flexibility index (Phi) is 3.71. The zero-order chi connectivity index (χ0) is 17.1. The molecule has 2 aromatic rings. The van der Waals surface area contributed by atoms with Gasteiger partial charge in [0.25, 0.3) is 0 Å². The van der Waals surface area contributed by atoms with Crippen LogP contribution < -0.4 is 0 Å². The van der Waals surface area contributed by atoms with Gasteiger partial charge in [-0.15, -0.1) is 0 Å². The molecule has 0 fully saturated rings. The second-order valence-electron chi connectivity index (χ2n) is 7.24. The van der Waals surface area contributed by atoms with Crippen molar-refractivity contribution in [3.05, 3.63) is 51.2 Å². The van der Waals surface area contributed by atoms with Crippen molar-refractivity contribution in [2.45, 2.75) is 32.1 Å². The molecule has 0 amide bonds. The highest BCUT2D eigenvalue weighted by Gasteiger charge is 2.49. The second kappa shape index (κ2) is 5.55. The fourth-order valence-electron chi connectivity index (χ4n) is 4.65. The number of hydrogen-bond acceptors (Lipinski definition) is 2. The van der Waals surface area contributed by atoms with Crippen LogP contribution in [0.4, 0.5) is 0 Å². The maximum atomic E-state index is 12.4. The Morgan fingerprint density at radius 2 is 2.00 bits per heavy atom. The van der Waals surface area contributed by atoms with Crippen LogP contribution in [0.5, 0.6) is 0 Å². The number of benzene rings is 1. The summed E-state index contributed by atoms with van der Waals surface area (Å²) in [6, 6.07) is 10.5. The molecule has 124 valence electrons. The lowest BCUT2D eigenvalue weighted by atomic mass is 9.59. The van der Waals surface area contributed by atoms with E-state index in [-0.39, 0.29) is 11.3 Å². The highest BCUT2D eigenvalue weighted by Crippen LogP contribution is 2.51. The lowest BCUT2D eigenvalue weighted by Gasteiger charge is -2.44. The third-order valence-electron chi connectivity index (χ3n) is 5.86. The minimum atomic E-state index is -0.151. The molecule has 0 aliphatic heterocycles. The Hall–Kier alpha value is -1.43. The molecule has 0 spiro atoms. The minimum Gasteiger partial charge on any atom is -0.293 e. The quantitative estimate of drug-likeness (QED) is 0.625. The smallest absolute Gasteiger partial charge is 0.171 e. The van der Waals surface area contributed by atoms with Crippen LogP contribution in [0.1, 0.15) is 31.5 Å². The van der Waals surface area contributed by atoms with Gasteiger partial charge in [-0.2, -0.15) is 5.10 Å². The second-order valence-corrected chi connectivity index (χ2v) is 8.40. The lowest BCUT2D eigenvalue weighted by molar-refractivity contribution is -0.121. The number of aryl methyl sites for hydroxylation is 1. The Morgan fingerprint density at radius 1 is 1.29 bits per heavy atom. The third kappa shape index (κ3) is 2.15. The van der Waals surface area contributed by atoms with Gasteiger partial charge in [0.15, 0.2) is 5.78 Å². The zero-order valence-corrected chi connectivity index (χ0v) is 16.4. The molecule has 24 heavy (non-hydrogen) atoms. The number of allylic oxidation sites excluding steroid dienone is 2. The molecule has 4 heteroatoms. The van der Waals surface area contributed by atoms with E-state index in [0.29, 0.717) is 11.7 Å². The standard InChI is InChI=1S/C20H21IN2O/c1-12-15-10-9-14-17(13-7-5-4-6-8-13)23(3)22-19(14)20(15,2)11-16(21)18(12)24/h4-8,11-12,15H,9-10H2,1-3H3/t12-,15-,20-/m0/s1. The molecule has 0 saturated carbocycles. The van der Waals surface area contributed by atoms with Gasteiger partial charge in [0.2, 0.25) is 0 Å². The van der Waals surface area contributed by atoms with Gasteiger partial charge in [-0.25, -0.2) is 0 Å². The van der Waals surface area contributed by atoms with E-state index >= 15 is 0 Å². The molecule has 0 saturated heterocycles. The van der Waals surface area contributed by atoms with Gasteiger partial charge in [-0.3, -0.25) is 9.48 Å². The summed E-state index contributed by atoms with van der Waals surface area (Å²) in [5.41, 5.74) is 4.80. The number of carbonyl (C=O) groups excluding carboxylic acids is 1. The van der Waals surface area contributed by atoms with Crippen LogP contribution in [0.3, 0.4) is 0 Å². The lowest BCUT2D eigenvalue weighted by Crippen LogP contribution is -2.44. The number of ketones is 1. The summed E-state index contributed by atoms with van der Waals surface area (Å²) in [7, 11) is 2.03. The summed E-state index contributed by atoms with van der Waals surface area (Å²) < 4.78 is 2.88. The molecule has 0 radical (unpaired) electrons. The van der Waals surface area contributed by atoms with Crippen molar-refractivity contribution >= 4 is 28.4 Å². The first-order valence-corrected chi connectivity index (χ1v) is 9.55. The Morgan fingerprint density at radius 3 is 2.71 bits per heavy atom. The van der Waals surface area contributed by atoms with E-state index in [2.05, 4.69) is 66.8 Å². The summed E-state index contributed by atoms with van der Waals surface area (Å²) >= 11 is 2.20. The summed E-state index contributed by atoms with van der Waals surface area (Å²) in [4.78, 5) is 12.4. The predicted octanol–water partition coefficient (Wildman–Crippen LogP) is 4.44. The summed E-state index contributed by atoms with van der Waals surface area (Å²) in [5.74, 6) is 0.706. The van der Waals surface area contributed by atoms with Crippen molar-refractivity contribution in [1.29, 1.82) is 0 Å². The number of hydrogen-bond donors (Lipinski definition) is 0. The molecule has 1 aromatic heterocycles. The van der Waals surface area contributed by atoms with Crippen LogP contribution in [0.2, 0.25) is 0 Å². The molecule has 0 unspecified atom stereocenters. The van der Waals surface area contributed by atoms with Crippen molar-refractivity contribution < 1.29 is 4.79 Å². The first-order valence-electron chi connectivity index (χ1n) is 8.48. The molecular weight excluding hydrogens is 411 g/mol. The Balaban J connectivity index is 1.93. The highest BCUT2D eigenvalue weighted by atomic mass is 127. The highest BCUT2D eigenvalue weighted by molar-refractivity contribution is 14.1. The van der Waals surface area contributed by atoms with E-state index in [0.717, 1.165) is 22.1 Å². The molecule has 0 N–H and O–H groups in total. The largest absolute Gasteiger partial charge is 0.293 e. The average molecular weight is 432 g/mol. The van der Waals surface area contributed by atoms with Crippen LogP contribution >= 0.6 is 22.6 Å². The van der Waals surface area contributed by atoms with E-state index in [1.807, 2.05) is 17.8 Å². The van der Waals surface area contributed by atoms with E-state index in [9.17, 15) is 4.79 Å². The summed E-state index contributed by atoms with van der Waals surface area (Å²) in [6.45, 7) is 4.35. The third-order valence-corrected chi connectivity index (χ3v) is 6.70. The molecule has 1 heterocycles. The van der Waals surface area contributed by atoms with Gasteiger partial charge in [0, 0.05) is 29.5 Å². The number of aromatic nitrogens is 2. The Labute approximate surface area is 156 Å². The number of fused-ring (bicyclic) bond motifs is 3. The number of rotatable bonds is 1. The van der Waals surface area contributed by atoms with E-state index in [1.165, 1.54) is 16.8 Å². The molecule has 2 aliphatic carbocycles. The Bertz CT molecular complexity index is 852. The first-order chi connectivity index (χ1) is 11.4. The topological polar surface area (TPSA) is 34.9 Å². The van der Waals surface area contributed by atoms with Crippen molar-refractivity contribution in [3.63, 3.8) is 0 Å². The van der Waals surface area contributed by atoms with Gasteiger partial charge < -0.3 is 0 Å². The van der Waals surface area contributed by atoms with Gasteiger partial charge >= 0.3 is 0 Å². The monoisotopic (exact) mass is 432 g/mol.